The first-order chi connectivity index (χ1) is 15.4. The molecule has 0 unspecified atom stereocenters. The van der Waals surface area contributed by atoms with Crippen LogP contribution in [0.25, 0.3) is 6.08 Å². The second kappa shape index (κ2) is 12.8. The number of hydrogen-bond acceptors (Lipinski definition) is 5. The molecule has 0 saturated carbocycles. The lowest BCUT2D eigenvalue weighted by atomic mass is 10.1. The van der Waals surface area contributed by atoms with Crippen molar-refractivity contribution in [3.63, 3.8) is 0 Å². The normalized spacial score (nSPS) is 10.6. The summed E-state index contributed by atoms with van der Waals surface area (Å²) in [7, 11) is 0. The zero-order chi connectivity index (χ0) is 23.3. The number of benzene rings is 2. The van der Waals surface area contributed by atoms with E-state index in [1.165, 1.54) is 6.08 Å². The van der Waals surface area contributed by atoms with Crippen LogP contribution in [0.5, 0.6) is 11.5 Å². The van der Waals surface area contributed by atoms with E-state index in [-0.39, 0.29) is 18.5 Å². The number of rotatable bonds is 12. The van der Waals surface area contributed by atoms with E-state index in [1.807, 2.05) is 26.0 Å². The second-order valence-electron chi connectivity index (χ2n) is 6.83. The molecule has 8 nitrogen and oxygen atoms in total. The lowest BCUT2D eigenvalue weighted by Crippen LogP contribution is -2.28. The van der Waals surface area contributed by atoms with Crippen LogP contribution >= 0.6 is 0 Å². The van der Waals surface area contributed by atoms with Gasteiger partial charge in [0.25, 0.3) is 5.91 Å². The molecule has 0 bridgehead atoms. The fourth-order valence-corrected chi connectivity index (χ4v) is 2.76. The minimum absolute atomic E-state index is 0.0367. The number of para-hydroxylation sites is 1. The number of hydrogen-bond donors (Lipinski definition) is 3. The Bertz CT molecular complexity index is 972. The number of carbonyl (C=O) groups excluding carboxylic acids is 3. The van der Waals surface area contributed by atoms with E-state index >= 15 is 0 Å². The van der Waals surface area contributed by atoms with Crippen LogP contribution in [0.4, 0.5) is 5.69 Å². The molecule has 2 aromatic rings. The molecule has 0 fully saturated rings. The van der Waals surface area contributed by atoms with Crippen LogP contribution in [-0.4, -0.2) is 37.5 Å². The first-order valence-electron chi connectivity index (χ1n) is 10.5. The van der Waals surface area contributed by atoms with Crippen LogP contribution in [-0.2, 0) is 9.59 Å². The minimum Gasteiger partial charge on any atom is -0.490 e. The molecule has 0 radical (unpaired) electrons. The van der Waals surface area contributed by atoms with Gasteiger partial charge in [0.15, 0.2) is 11.5 Å². The summed E-state index contributed by atoms with van der Waals surface area (Å²) in [5.74, 6) is -0.0376. The van der Waals surface area contributed by atoms with E-state index in [0.717, 1.165) is 12.0 Å². The fourth-order valence-electron chi connectivity index (χ4n) is 2.76. The molecule has 0 aliphatic rings. The first-order valence-corrected chi connectivity index (χ1v) is 10.5. The van der Waals surface area contributed by atoms with Crippen LogP contribution in [0.3, 0.4) is 0 Å². The Kier molecular flexibility index (Phi) is 9.77. The Morgan fingerprint density at radius 2 is 1.81 bits per heavy atom. The molecule has 0 heterocycles. The smallest absolute Gasteiger partial charge is 0.253 e. The molecule has 170 valence electrons. The fraction of sp³-hybridized carbons (Fsp3) is 0.292. The molecule has 32 heavy (non-hydrogen) atoms. The lowest BCUT2D eigenvalue weighted by Gasteiger charge is -2.12. The maximum absolute atomic E-state index is 12.4. The summed E-state index contributed by atoms with van der Waals surface area (Å²) in [5.41, 5.74) is 6.49. The summed E-state index contributed by atoms with van der Waals surface area (Å²) in [6.45, 7) is 5.12. The van der Waals surface area contributed by atoms with Crippen molar-refractivity contribution < 1.29 is 23.9 Å². The maximum atomic E-state index is 12.4. The van der Waals surface area contributed by atoms with Gasteiger partial charge in [-0.1, -0.05) is 25.1 Å². The van der Waals surface area contributed by atoms with Gasteiger partial charge in [0.2, 0.25) is 11.8 Å². The van der Waals surface area contributed by atoms with Crippen molar-refractivity contribution in [1.82, 2.24) is 5.32 Å². The SMILES string of the molecule is CCCOc1ccc(/C=C/C(=O)Nc2ccccc2C(=O)NCCC(N)=O)cc1OCC. The van der Waals surface area contributed by atoms with Crippen LogP contribution in [0.1, 0.15) is 42.6 Å². The molecule has 2 rings (SSSR count). The van der Waals surface area contributed by atoms with Crippen LogP contribution < -0.4 is 25.8 Å². The Hall–Kier alpha value is -3.81. The van der Waals surface area contributed by atoms with Crippen molar-refractivity contribution in [2.24, 2.45) is 5.73 Å². The van der Waals surface area contributed by atoms with E-state index in [9.17, 15) is 14.4 Å². The molecule has 8 heteroatoms. The Morgan fingerprint density at radius 3 is 2.53 bits per heavy atom. The van der Waals surface area contributed by atoms with Gasteiger partial charge >= 0.3 is 0 Å². The Morgan fingerprint density at radius 1 is 1.03 bits per heavy atom. The number of anilines is 1. The molecular weight excluding hydrogens is 410 g/mol. The summed E-state index contributed by atoms with van der Waals surface area (Å²) < 4.78 is 11.3. The molecule has 2 aromatic carbocycles. The third-order valence-corrected chi connectivity index (χ3v) is 4.24. The highest BCUT2D eigenvalue weighted by molar-refractivity contribution is 6.07. The van der Waals surface area contributed by atoms with Gasteiger partial charge in [0.1, 0.15) is 0 Å². The predicted molar refractivity (Wildman–Crippen MR) is 124 cm³/mol. The van der Waals surface area contributed by atoms with Crippen molar-refractivity contribution in [2.45, 2.75) is 26.7 Å². The molecular formula is C24H29N3O5. The number of nitrogens with one attached hydrogen (secondary N) is 2. The van der Waals surface area contributed by atoms with Gasteiger partial charge in [-0.15, -0.1) is 0 Å². The molecule has 0 spiro atoms. The van der Waals surface area contributed by atoms with Gasteiger partial charge in [0, 0.05) is 19.0 Å². The maximum Gasteiger partial charge on any atom is 0.253 e. The van der Waals surface area contributed by atoms with Crippen molar-refractivity contribution in [2.75, 3.05) is 25.1 Å². The van der Waals surface area contributed by atoms with Crippen LogP contribution in [0.2, 0.25) is 0 Å². The zero-order valence-corrected chi connectivity index (χ0v) is 18.4. The quantitative estimate of drug-likeness (QED) is 0.439. The van der Waals surface area contributed by atoms with Crippen molar-refractivity contribution in [3.05, 3.63) is 59.7 Å². The molecule has 0 aliphatic carbocycles. The van der Waals surface area contributed by atoms with E-state index in [1.54, 1.807) is 36.4 Å². The van der Waals surface area contributed by atoms with Crippen LogP contribution in [0.15, 0.2) is 48.5 Å². The topological polar surface area (TPSA) is 120 Å². The van der Waals surface area contributed by atoms with Gasteiger partial charge in [-0.3, -0.25) is 14.4 Å². The second-order valence-corrected chi connectivity index (χ2v) is 6.83. The van der Waals surface area contributed by atoms with E-state index in [2.05, 4.69) is 10.6 Å². The largest absolute Gasteiger partial charge is 0.490 e. The number of amides is 3. The number of carbonyl (C=O) groups is 3. The standard InChI is InChI=1S/C24H29N3O5/c1-3-15-32-20-11-9-17(16-21(20)31-4-2)10-12-23(29)27-19-8-6-5-7-18(19)24(30)26-14-13-22(25)28/h5-12,16H,3-4,13-15H2,1-2H3,(H2,25,28)(H,26,30)(H,27,29)/b12-10+. The summed E-state index contributed by atoms with van der Waals surface area (Å²) in [5, 5.41) is 5.31. The van der Waals surface area contributed by atoms with E-state index in [0.29, 0.717) is 30.4 Å². The van der Waals surface area contributed by atoms with Crippen molar-refractivity contribution in [1.29, 1.82) is 0 Å². The molecule has 3 amide bonds. The average molecular weight is 440 g/mol. The van der Waals surface area contributed by atoms with Gasteiger partial charge in [-0.05, 0) is 49.2 Å². The molecule has 0 aliphatic heterocycles. The highest BCUT2D eigenvalue weighted by atomic mass is 16.5. The third kappa shape index (κ3) is 7.79. The molecule has 0 atom stereocenters. The van der Waals surface area contributed by atoms with E-state index < -0.39 is 17.7 Å². The number of primary amides is 1. The van der Waals surface area contributed by atoms with Crippen molar-refractivity contribution >= 4 is 29.5 Å². The molecule has 0 saturated heterocycles. The summed E-state index contributed by atoms with van der Waals surface area (Å²) in [4.78, 5) is 35.6. The Balaban J connectivity index is 2.07. The molecule has 0 aromatic heterocycles. The van der Waals surface area contributed by atoms with E-state index in [4.69, 9.17) is 15.2 Å². The lowest BCUT2D eigenvalue weighted by molar-refractivity contribution is -0.118. The zero-order valence-electron chi connectivity index (χ0n) is 18.4. The highest BCUT2D eigenvalue weighted by Crippen LogP contribution is 2.29. The Labute approximate surface area is 187 Å². The number of ether oxygens (including phenoxy) is 2. The van der Waals surface area contributed by atoms with Gasteiger partial charge in [0.05, 0.1) is 24.5 Å². The first kappa shape index (κ1) is 24.5. The summed E-state index contributed by atoms with van der Waals surface area (Å²) in [6, 6.07) is 12.1. The number of nitrogens with two attached hydrogens (primary N) is 1. The summed E-state index contributed by atoms with van der Waals surface area (Å²) >= 11 is 0. The van der Waals surface area contributed by atoms with Crippen molar-refractivity contribution in [3.8, 4) is 11.5 Å². The average Bonchev–Trinajstić information content (AvgIpc) is 2.77. The molecule has 4 N–H and O–H groups in total. The third-order valence-electron chi connectivity index (χ3n) is 4.24. The van der Waals surface area contributed by atoms with Gasteiger partial charge < -0.3 is 25.8 Å². The summed E-state index contributed by atoms with van der Waals surface area (Å²) in [6.07, 6.45) is 3.95. The van der Waals surface area contributed by atoms with Gasteiger partial charge in [-0.25, -0.2) is 0 Å². The van der Waals surface area contributed by atoms with Gasteiger partial charge in [-0.2, -0.15) is 0 Å². The monoisotopic (exact) mass is 439 g/mol. The highest BCUT2D eigenvalue weighted by Gasteiger charge is 2.12. The minimum atomic E-state index is -0.505. The predicted octanol–water partition coefficient (Wildman–Crippen LogP) is 3.13. The van der Waals surface area contributed by atoms with Crippen LogP contribution in [0, 0.1) is 0 Å².